The van der Waals surface area contributed by atoms with Crippen molar-refractivity contribution in [3.05, 3.63) is 75.7 Å². The van der Waals surface area contributed by atoms with Gasteiger partial charge < -0.3 is 29.5 Å². The zero-order chi connectivity index (χ0) is 43.0. The van der Waals surface area contributed by atoms with Gasteiger partial charge in [-0.15, -0.1) is 0 Å². The molecule has 0 spiro atoms. The molecule has 15 heteroatoms. The Balaban J connectivity index is 1.05. The van der Waals surface area contributed by atoms with Crippen molar-refractivity contribution >= 4 is 45.7 Å². The first kappa shape index (κ1) is 43.8. The minimum absolute atomic E-state index is 0.0190. The predicted octanol–water partition coefficient (Wildman–Crippen LogP) is 5.00. The van der Waals surface area contributed by atoms with Crippen LogP contribution in [-0.2, 0) is 43.7 Å². The van der Waals surface area contributed by atoms with Crippen LogP contribution in [0.2, 0.25) is 0 Å². The van der Waals surface area contributed by atoms with Crippen LogP contribution >= 0.6 is 0 Å². The van der Waals surface area contributed by atoms with Crippen LogP contribution in [0, 0.1) is 6.92 Å². The molecule has 5 heterocycles. The molecular formula is C46H62N8O7. The normalized spacial score (nSPS) is 17.8. The van der Waals surface area contributed by atoms with Crippen molar-refractivity contribution < 1.29 is 28.7 Å². The van der Waals surface area contributed by atoms with Crippen molar-refractivity contribution in [3.8, 4) is 0 Å². The molecule has 0 radical (unpaired) electrons. The van der Waals surface area contributed by atoms with E-state index in [1.165, 1.54) is 4.57 Å². The Hall–Kier alpha value is -5.28. The number of aryl methyl sites for hydroxylation is 1. The fourth-order valence-corrected chi connectivity index (χ4v) is 9.18. The zero-order valence-electron chi connectivity index (χ0n) is 36.3. The standard InChI is InChI=1S/C46H62N8O7/c1-5-9-41(55)60-30-53-29-36-26-33(25-32(3)43(36)48-53)27-39(45(58)51-23-21-50(22-24-51)37-15-17-49(4)18-16-37)47-46(59)52-19-13-34(14-20-52)38-28-35-11-7-8-12-40(35)54(44(38)57)31-61-42(56)10-6-2/h7-8,11-12,25-26,28-29,34,37,39H,5-6,9-10,13-24,27,30-31H2,1-4H3,(H,47,59). The van der Waals surface area contributed by atoms with Gasteiger partial charge in [0.2, 0.25) is 5.91 Å². The monoisotopic (exact) mass is 838 g/mol. The highest BCUT2D eigenvalue weighted by atomic mass is 16.5. The Bertz CT molecular complexity index is 2250. The number of rotatable bonds is 14. The number of piperidine rings is 2. The van der Waals surface area contributed by atoms with Gasteiger partial charge in [-0.1, -0.05) is 38.1 Å². The Morgan fingerprint density at radius 1 is 0.803 bits per heavy atom. The van der Waals surface area contributed by atoms with E-state index in [1.807, 2.05) is 74.3 Å². The molecule has 3 aliphatic heterocycles. The number of hydrogen-bond acceptors (Lipinski definition) is 10. The van der Waals surface area contributed by atoms with Gasteiger partial charge in [0, 0.05) is 81.7 Å². The second kappa shape index (κ2) is 20.1. The molecule has 4 aromatic rings. The Morgan fingerprint density at radius 2 is 1.48 bits per heavy atom. The molecule has 0 bridgehead atoms. The SMILES string of the molecule is CCCC(=O)OCn1cc2cc(CC(NC(=O)N3CCC(c4cc5ccccc5n(COC(=O)CCC)c4=O)CC3)C(=O)N3CCN(C4CCN(C)CC4)CC3)cc(C)c2n1. The van der Waals surface area contributed by atoms with Gasteiger partial charge in [0.05, 0.1) is 11.0 Å². The van der Waals surface area contributed by atoms with Crippen molar-refractivity contribution in [2.45, 2.75) is 110 Å². The van der Waals surface area contributed by atoms with E-state index in [1.54, 1.807) is 9.58 Å². The van der Waals surface area contributed by atoms with Gasteiger partial charge in [-0.25, -0.2) is 9.48 Å². The number of para-hydroxylation sites is 1. The average Bonchev–Trinajstić information content (AvgIpc) is 3.69. The van der Waals surface area contributed by atoms with E-state index in [0.29, 0.717) is 81.8 Å². The summed E-state index contributed by atoms with van der Waals surface area (Å²) in [5, 5.41) is 9.54. The molecule has 3 fully saturated rings. The molecule has 1 N–H and O–H groups in total. The molecule has 0 saturated carbocycles. The second-order valence-electron chi connectivity index (χ2n) is 17.1. The number of carbonyl (C=O) groups is 4. The van der Waals surface area contributed by atoms with Gasteiger partial charge in [-0.05, 0) is 106 Å². The number of hydrogen-bond donors (Lipinski definition) is 1. The summed E-state index contributed by atoms with van der Waals surface area (Å²) in [6.07, 6.45) is 7.54. The Morgan fingerprint density at radius 3 is 2.16 bits per heavy atom. The first-order valence-electron chi connectivity index (χ1n) is 22.2. The number of ether oxygens (including phenoxy) is 2. The molecule has 61 heavy (non-hydrogen) atoms. The maximum Gasteiger partial charge on any atom is 0.318 e. The van der Waals surface area contributed by atoms with Crippen molar-refractivity contribution in [1.82, 2.24) is 39.3 Å². The van der Waals surface area contributed by atoms with Gasteiger partial charge in [-0.3, -0.25) is 28.6 Å². The maximum atomic E-state index is 14.5. The molecule has 3 amide bonds. The van der Waals surface area contributed by atoms with Crippen LogP contribution in [0.25, 0.3) is 21.8 Å². The third kappa shape index (κ3) is 10.6. The van der Waals surface area contributed by atoms with Crippen molar-refractivity contribution in [2.24, 2.45) is 0 Å². The summed E-state index contributed by atoms with van der Waals surface area (Å²) < 4.78 is 14.0. The highest BCUT2D eigenvalue weighted by Crippen LogP contribution is 2.29. The van der Waals surface area contributed by atoms with Crippen LogP contribution in [0.3, 0.4) is 0 Å². The van der Waals surface area contributed by atoms with Crippen LogP contribution in [0.15, 0.2) is 53.5 Å². The summed E-state index contributed by atoms with van der Waals surface area (Å²) in [6.45, 7) is 11.5. The number of amides is 3. The molecule has 0 aliphatic carbocycles. The summed E-state index contributed by atoms with van der Waals surface area (Å²) in [5.74, 6) is -0.808. The molecule has 15 nitrogen and oxygen atoms in total. The maximum absolute atomic E-state index is 14.5. The van der Waals surface area contributed by atoms with Crippen LogP contribution < -0.4 is 10.9 Å². The number of benzene rings is 2. The lowest BCUT2D eigenvalue weighted by Crippen LogP contribution is -2.59. The minimum atomic E-state index is -0.801. The van der Waals surface area contributed by atoms with E-state index in [-0.39, 0.29) is 55.2 Å². The topological polar surface area (TPSA) is 152 Å². The van der Waals surface area contributed by atoms with E-state index in [2.05, 4.69) is 27.3 Å². The Labute approximate surface area is 357 Å². The first-order valence-corrected chi connectivity index (χ1v) is 22.2. The minimum Gasteiger partial charge on any atom is -0.444 e. The molecule has 2 aromatic carbocycles. The van der Waals surface area contributed by atoms with E-state index in [4.69, 9.17) is 9.47 Å². The van der Waals surface area contributed by atoms with E-state index >= 15 is 0 Å². The first-order chi connectivity index (χ1) is 29.5. The molecule has 3 saturated heterocycles. The molecule has 1 unspecified atom stereocenters. The number of pyridine rings is 1. The van der Waals surface area contributed by atoms with Gasteiger partial charge in [-0.2, -0.15) is 5.10 Å². The molecule has 7 rings (SSSR count). The lowest BCUT2D eigenvalue weighted by Gasteiger charge is -2.43. The van der Waals surface area contributed by atoms with Gasteiger partial charge in [0.15, 0.2) is 13.5 Å². The number of piperazine rings is 1. The third-order valence-corrected chi connectivity index (χ3v) is 12.6. The van der Waals surface area contributed by atoms with Crippen molar-refractivity contribution in [3.63, 3.8) is 0 Å². The van der Waals surface area contributed by atoms with Gasteiger partial charge in [0.1, 0.15) is 6.04 Å². The van der Waals surface area contributed by atoms with Gasteiger partial charge >= 0.3 is 18.0 Å². The summed E-state index contributed by atoms with van der Waals surface area (Å²) >= 11 is 0. The summed E-state index contributed by atoms with van der Waals surface area (Å²) in [6, 6.07) is 13.0. The largest absolute Gasteiger partial charge is 0.444 e. The summed E-state index contributed by atoms with van der Waals surface area (Å²) in [4.78, 5) is 75.4. The third-order valence-electron chi connectivity index (χ3n) is 12.6. The van der Waals surface area contributed by atoms with E-state index in [0.717, 1.165) is 66.4 Å². The van der Waals surface area contributed by atoms with Crippen LogP contribution in [-0.4, -0.2) is 129 Å². The Kier molecular flexibility index (Phi) is 14.4. The molecule has 3 aliphatic rings. The predicted molar refractivity (Wildman–Crippen MR) is 233 cm³/mol. The highest BCUT2D eigenvalue weighted by molar-refractivity contribution is 5.88. The quantitative estimate of drug-likeness (QED) is 0.172. The number of fused-ring (bicyclic) bond motifs is 2. The van der Waals surface area contributed by atoms with E-state index < -0.39 is 6.04 Å². The summed E-state index contributed by atoms with van der Waals surface area (Å²) in [5.41, 5.74) is 3.75. The van der Waals surface area contributed by atoms with Crippen molar-refractivity contribution in [2.75, 3.05) is 59.4 Å². The number of esters is 2. The fourth-order valence-electron chi connectivity index (χ4n) is 9.18. The molecular weight excluding hydrogens is 777 g/mol. The second-order valence-corrected chi connectivity index (χ2v) is 17.1. The van der Waals surface area contributed by atoms with Crippen molar-refractivity contribution in [1.29, 1.82) is 0 Å². The highest BCUT2D eigenvalue weighted by Gasteiger charge is 2.34. The van der Waals surface area contributed by atoms with Crippen LogP contribution in [0.1, 0.15) is 87.8 Å². The lowest BCUT2D eigenvalue weighted by molar-refractivity contribution is -0.148. The van der Waals surface area contributed by atoms with E-state index in [9.17, 15) is 24.0 Å². The molecule has 1 atom stereocenters. The molecule has 2 aromatic heterocycles. The average molecular weight is 839 g/mol. The smallest absolute Gasteiger partial charge is 0.318 e. The summed E-state index contributed by atoms with van der Waals surface area (Å²) in [7, 11) is 2.17. The number of nitrogens with zero attached hydrogens (tertiary/aromatic N) is 7. The zero-order valence-corrected chi connectivity index (χ0v) is 36.3. The molecule has 328 valence electrons. The number of likely N-dealkylation sites (tertiary alicyclic amines) is 2. The van der Waals surface area contributed by atoms with Crippen LogP contribution in [0.5, 0.6) is 0 Å². The number of urea groups is 1. The fraction of sp³-hybridized carbons (Fsp3) is 0.565. The number of carbonyl (C=O) groups excluding carboxylic acids is 4. The number of nitrogens with one attached hydrogen (secondary N) is 1. The number of aromatic nitrogens is 3. The lowest BCUT2D eigenvalue weighted by atomic mass is 9.89. The van der Waals surface area contributed by atoms with Gasteiger partial charge in [0.25, 0.3) is 5.56 Å². The van der Waals surface area contributed by atoms with Crippen LogP contribution in [0.4, 0.5) is 4.79 Å².